The van der Waals surface area contributed by atoms with Gasteiger partial charge in [-0.25, -0.2) is 0 Å². The van der Waals surface area contributed by atoms with Crippen LogP contribution in [0.25, 0.3) is 0 Å². The molecule has 3 nitrogen and oxygen atoms in total. The summed E-state index contributed by atoms with van der Waals surface area (Å²) in [5.41, 5.74) is -0.250. The van der Waals surface area contributed by atoms with E-state index in [0.29, 0.717) is 6.04 Å². The predicted octanol–water partition coefficient (Wildman–Crippen LogP) is 2.92. The van der Waals surface area contributed by atoms with Crippen LogP contribution in [-0.4, -0.2) is 36.1 Å². The summed E-state index contributed by atoms with van der Waals surface area (Å²) in [5.74, 6) is 0.829. The second-order valence-electron chi connectivity index (χ2n) is 6.61. The number of likely N-dealkylation sites (tertiary alicyclic amines) is 1. The van der Waals surface area contributed by atoms with E-state index in [1.165, 1.54) is 38.8 Å². The summed E-state index contributed by atoms with van der Waals surface area (Å²) < 4.78 is 0. The minimum absolute atomic E-state index is 0.250. The molecule has 2 fully saturated rings. The molecule has 1 saturated carbocycles. The van der Waals surface area contributed by atoms with Gasteiger partial charge >= 0.3 is 0 Å². The van der Waals surface area contributed by atoms with Crippen molar-refractivity contribution in [1.29, 1.82) is 5.26 Å². The SMILES string of the molecule is CCCNC1(C#N)CCCC(N2CCCC(C)C2)C1. The molecule has 2 rings (SSSR count). The van der Waals surface area contributed by atoms with Gasteiger partial charge in [-0.3, -0.25) is 5.32 Å². The van der Waals surface area contributed by atoms with Gasteiger partial charge in [-0.1, -0.05) is 13.8 Å². The molecule has 1 N–H and O–H groups in total. The number of rotatable bonds is 4. The minimum atomic E-state index is -0.250. The van der Waals surface area contributed by atoms with E-state index in [4.69, 9.17) is 0 Å². The zero-order chi connectivity index (χ0) is 13.7. The first-order chi connectivity index (χ1) is 9.19. The van der Waals surface area contributed by atoms with E-state index in [2.05, 4.69) is 30.1 Å². The van der Waals surface area contributed by atoms with Crippen LogP contribution in [0, 0.1) is 17.2 Å². The monoisotopic (exact) mass is 263 g/mol. The summed E-state index contributed by atoms with van der Waals surface area (Å²) in [7, 11) is 0. The van der Waals surface area contributed by atoms with Crippen molar-refractivity contribution < 1.29 is 0 Å². The Morgan fingerprint density at radius 3 is 2.89 bits per heavy atom. The van der Waals surface area contributed by atoms with E-state index < -0.39 is 0 Å². The largest absolute Gasteiger partial charge is 0.300 e. The lowest BCUT2D eigenvalue weighted by atomic mass is 9.78. The molecule has 3 atom stereocenters. The molecule has 1 aliphatic carbocycles. The molecule has 1 heterocycles. The van der Waals surface area contributed by atoms with E-state index in [-0.39, 0.29) is 5.54 Å². The zero-order valence-corrected chi connectivity index (χ0v) is 12.6. The van der Waals surface area contributed by atoms with Crippen LogP contribution in [0.5, 0.6) is 0 Å². The van der Waals surface area contributed by atoms with Gasteiger partial charge in [0.15, 0.2) is 0 Å². The van der Waals surface area contributed by atoms with Crippen LogP contribution in [0.1, 0.15) is 58.8 Å². The second kappa shape index (κ2) is 6.72. The number of piperidine rings is 1. The lowest BCUT2D eigenvalue weighted by Gasteiger charge is -2.44. The fourth-order valence-electron chi connectivity index (χ4n) is 3.78. The van der Waals surface area contributed by atoms with Crippen molar-refractivity contribution in [3.05, 3.63) is 0 Å². The summed E-state index contributed by atoms with van der Waals surface area (Å²) in [4.78, 5) is 2.66. The average Bonchev–Trinajstić information content (AvgIpc) is 2.45. The molecule has 0 aromatic heterocycles. The molecule has 0 aromatic rings. The second-order valence-corrected chi connectivity index (χ2v) is 6.61. The van der Waals surface area contributed by atoms with E-state index in [1.807, 2.05) is 0 Å². The maximum absolute atomic E-state index is 9.61. The van der Waals surface area contributed by atoms with Gasteiger partial charge < -0.3 is 4.90 Å². The Bertz CT molecular complexity index is 322. The van der Waals surface area contributed by atoms with Crippen molar-refractivity contribution in [3.8, 4) is 6.07 Å². The van der Waals surface area contributed by atoms with Gasteiger partial charge in [0.2, 0.25) is 0 Å². The van der Waals surface area contributed by atoms with Crippen molar-refractivity contribution in [3.63, 3.8) is 0 Å². The third-order valence-corrected chi connectivity index (χ3v) is 4.86. The molecule has 0 radical (unpaired) electrons. The minimum Gasteiger partial charge on any atom is -0.300 e. The van der Waals surface area contributed by atoms with Crippen molar-refractivity contribution >= 4 is 0 Å². The third-order valence-electron chi connectivity index (χ3n) is 4.86. The first kappa shape index (κ1) is 14.8. The highest BCUT2D eigenvalue weighted by Crippen LogP contribution is 2.33. The number of nitriles is 1. The summed E-state index contributed by atoms with van der Waals surface area (Å²) in [6.45, 7) is 7.98. The molecular weight excluding hydrogens is 234 g/mol. The van der Waals surface area contributed by atoms with Gasteiger partial charge in [-0.2, -0.15) is 5.26 Å². The topological polar surface area (TPSA) is 39.1 Å². The Labute approximate surface area is 118 Å². The number of hydrogen-bond donors (Lipinski definition) is 1. The zero-order valence-electron chi connectivity index (χ0n) is 12.6. The van der Waals surface area contributed by atoms with Crippen molar-refractivity contribution in [2.45, 2.75) is 70.4 Å². The Hall–Kier alpha value is -0.590. The molecule has 19 heavy (non-hydrogen) atoms. The highest BCUT2D eigenvalue weighted by Gasteiger charge is 2.38. The molecule has 0 amide bonds. The van der Waals surface area contributed by atoms with Gasteiger partial charge in [0.1, 0.15) is 5.54 Å². The number of nitrogens with zero attached hydrogens (tertiary/aromatic N) is 2. The number of hydrogen-bond acceptors (Lipinski definition) is 3. The average molecular weight is 263 g/mol. The maximum atomic E-state index is 9.61. The number of nitrogens with one attached hydrogen (secondary N) is 1. The van der Waals surface area contributed by atoms with Gasteiger partial charge in [0, 0.05) is 12.6 Å². The summed E-state index contributed by atoms with van der Waals surface area (Å²) in [5, 5.41) is 13.1. The van der Waals surface area contributed by atoms with Crippen molar-refractivity contribution in [1.82, 2.24) is 10.2 Å². The van der Waals surface area contributed by atoms with Crippen LogP contribution in [0.2, 0.25) is 0 Å². The highest BCUT2D eigenvalue weighted by molar-refractivity contribution is 5.11. The van der Waals surface area contributed by atoms with Crippen LogP contribution >= 0.6 is 0 Å². The highest BCUT2D eigenvalue weighted by atomic mass is 15.2. The molecule has 0 bridgehead atoms. The smallest absolute Gasteiger partial charge is 0.108 e. The quantitative estimate of drug-likeness (QED) is 0.847. The van der Waals surface area contributed by atoms with Gasteiger partial charge in [-0.05, 0) is 64.0 Å². The summed E-state index contributed by atoms with van der Waals surface area (Å²) in [6.07, 6.45) is 8.35. The fourth-order valence-corrected chi connectivity index (χ4v) is 3.78. The van der Waals surface area contributed by atoms with E-state index in [9.17, 15) is 5.26 Å². The Morgan fingerprint density at radius 1 is 1.37 bits per heavy atom. The standard InChI is InChI=1S/C16H29N3/c1-3-9-18-16(13-17)8-4-7-15(11-16)19-10-5-6-14(2)12-19/h14-15,18H,3-12H2,1-2H3. The van der Waals surface area contributed by atoms with Crippen LogP contribution in [0.4, 0.5) is 0 Å². The van der Waals surface area contributed by atoms with Crippen LogP contribution in [-0.2, 0) is 0 Å². The van der Waals surface area contributed by atoms with E-state index in [0.717, 1.165) is 31.7 Å². The Morgan fingerprint density at radius 2 is 2.21 bits per heavy atom. The van der Waals surface area contributed by atoms with Crippen molar-refractivity contribution in [2.75, 3.05) is 19.6 Å². The lowest BCUT2D eigenvalue weighted by Crippen LogP contribution is -2.54. The van der Waals surface area contributed by atoms with E-state index in [1.54, 1.807) is 0 Å². The summed E-state index contributed by atoms with van der Waals surface area (Å²) in [6, 6.07) is 3.22. The molecule has 1 saturated heterocycles. The molecule has 2 aliphatic rings. The molecule has 1 aliphatic heterocycles. The molecule has 0 aromatic carbocycles. The molecule has 3 unspecified atom stereocenters. The predicted molar refractivity (Wildman–Crippen MR) is 78.9 cm³/mol. The molecule has 0 spiro atoms. The molecular formula is C16H29N3. The normalized spacial score (nSPS) is 36.9. The summed E-state index contributed by atoms with van der Waals surface area (Å²) >= 11 is 0. The fraction of sp³-hybridized carbons (Fsp3) is 0.938. The first-order valence-corrected chi connectivity index (χ1v) is 8.09. The first-order valence-electron chi connectivity index (χ1n) is 8.09. The van der Waals surface area contributed by atoms with Crippen LogP contribution < -0.4 is 5.32 Å². The van der Waals surface area contributed by atoms with Gasteiger partial charge in [0.05, 0.1) is 6.07 Å². The third kappa shape index (κ3) is 3.70. The van der Waals surface area contributed by atoms with Crippen LogP contribution in [0.3, 0.4) is 0 Å². The lowest BCUT2D eigenvalue weighted by molar-refractivity contribution is 0.0809. The molecule has 3 heteroatoms. The van der Waals surface area contributed by atoms with Gasteiger partial charge in [-0.15, -0.1) is 0 Å². The molecule has 108 valence electrons. The van der Waals surface area contributed by atoms with Crippen LogP contribution in [0.15, 0.2) is 0 Å². The Kier molecular flexibility index (Phi) is 5.24. The van der Waals surface area contributed by atoms with Crippen molar-refractivity contribution in [2.24, 2.45) is 5.92 Å². The maximum Gasteiger partial charge on any atom is 0.108 e. The Balaban J connectivity index is 1.97. The van der Waals surface area contributed by atoms with E-state index >= 15 is 0 Å². The van der Waals surface area contributed by atoms with Gasteiger partial charge in [0.25, 0.3) is 0 Å².